The highest BCUT2D eigenvalue weighted by Crippen LogP contribution is 2.19. The van der Waals surface area contributed by atoms with Crippen LogP contribution in [0.4, 0.5) is 0 Å². The van der Waals surface area contributed by atoms with E-state index in [-0.39, 0.29) is 18.8 Å². The maximum atomic E-state index is 8.68. The van der Waals surface area contributed by atoms with Gasteiger partial charge in [0.05, 0.1) is 25.4 Å². The van der Waals surface area contributed by atoms with Crippen molar-refractivity contribution in [2.45, 2.75) is 25.0 Å². The SMILES string of the molecule is [N-]=[N+]=NC[C@H]1CC[C@H](CO)O1. The lowest BCUT2D eigenvalue weighted by Gasteiger charge is -2.07. The summed E-state index contributed by atoms with van der Waals surface area (Å²) in [5.74, 6) is 0. The summed E-state index contributed by atoms with van der Waals surface area (Å²) in [5, 5.41) is 12.1. The van der Waals surface area contributed by atoms with E-state index in [0.717, 1.165) is 12.8 Å². The van der Waals surface area contributed by atoms with Gasteiger partial charge in [-0.3, -0.25) is 0 Å². The van der Waals surface area contributed by atoms with Gasteiger partial charge < -0.3 is 9.84 Å². The zero-order valence-corrected chi connectivity index (χ0v) is 6.18. The highest BCUT2D eigenvalue weighted by atomic mass is 16.5. The summed E-state index contributed by atoms with van der Waals surface area (Å²) < 4.78 is 5.30. The Labute approximate surface area is 64.6 Å². The molecule has 0 aromatic carbocycles. The Bertz CT molecular complexity index is 167. The third-order valence-electron chi connectivity index (χ3n) is 1.75. The first-order chi connectivity index (χ1) is 5.36. The van der Waals surface area contributed by atoms with Gasteiger partial charge in [0.1, 0.15) is 0 Å². The molecule has 0 saturated carbocycles. The molecule has 2 atom stereocenters. The molecule has 1 N–H and O–H groups in total. The molecule has 1 saturated heterocycles. The Morgan fingerprint density at radius 3 is 2.82 bits per heavy atom. The number of hydrogen-bond acceptors (Lipinski definition) is 3. The van der Waals surface area contributed by atoms with Gasteiger partial charge in [-0.25, -0.2) is 0 Å². The molecule has 0 spiro atoms. The van der Waals surface area contributed by atoms with Crippen LogP contribution in [0.2, 0.25) is 0 Å². The van der Waals surface area contributed by atoms with Crippen LogP contribution in [0, 0.1) is 0 Å². The van der Waals surface area contributed by atoms with Crippen LogP contribution >= 0.6 is 0 Å². The third kappa shape index (κ3) is 2.38. The van der Waals surface area contributed by atoms with Crippen molar-refractivity contribution in [3.05, 3.63) is 10.4 Å². The minimum absolute atomic E-state index is 0.0167. The minimum Gasteiger partial charge on any atom is -0.394 e. The first-order valence-electron chi connectivity index (χ1n) is 3.64. The largest absolute Gasteiger partial charge is 0.394 e. The number of aliphatic hydroxyl groups is 1. The molecular weight excluding hydrogens is 146 g/mol. The summed E-state index contributed by atoms with van der Waals surface area (Å²) >= 11 is 0. The minimum atomic E-state index is -0.0473. The molecule has 11 heavy (non-hydrogen) atoms. The molecule has 0 amide bonds. The summed E-state index contributed by atoms with van der Waals surface area (Å²) in [7, 11) is 0. The molecule has 5 nitrogen and oxygen atoms in total. The van der Waals surface area contributed by atoms with E-state index >= 15 is 0 Å². The van der Waals surface area contributed by atoms with Crippen molar-refractivity contribution in [1.29, 1.82) is 0 Å². The number of aliphatic hydroxyl groups excluding tert-OH is 1. The van der Waals surface area contributed by atoms with Crippen LogP contribution in [0.1, 0.15) is 12.8 Å². The molecule has 0 bridgehead atoms. The summed E-state index contributed by atoms with van der Waals surface area (Å²) in [5.41, 5.74) is 8.00. The molecular formula is C6H11N3O2. The molecule has 1 aliphatic heterocycles. The van der Waals surface area contributed by atoms with Crippen LogP contribution in [0.5, 0.6) is 0 Å². The van der Waals surface area contributed by atoms with Crippen molar-refractivity contribution in [3.8, 4) is 0 Å². The van der Waals surface area contributed by atoms with Crippen molar-refractivity contribution in [3.63, 3.8) is 0 Å². The van der Waals surface area contributed by atoms with Gasteiger partial charge in [-0.05, 0) is 18.4 Å². The van der Waals surface area contributed by atoms with E-state index in [1.807, 2.05) is 0 Å². The average molecular weight is 157 g/mol. The Kier molecular flexibility index (Phi) is 3.16. The predicted octanol–water partition coefficient (Wildman–Crippen LogP) is 0.837. The molecule has 1 fully saturated rings. The van der Waals surface area contributed by atoms with Crippen LogP contribution < -0.4 is 0 Å². The number of rotatable bonds is 3. The summed E-state index contributed by atoms with van der Waals surface area (Å²) in [6.45, 7) is 0.444. The molecule has 0 aromatic rings. The molecule has 0 unspecified atom stereocenters. The van der Waals surface area contributed by atoms with Crippen molar-refractivity contribution in [2.75, 3.05) is 13.2 Å². The monoisotopic (exact) mass is 157 g/mol. The number of ether oxygens (including phenoxy) is 1. The molecule has 1 aliphatic rings. The van der Waals surface area contributed by atoms with Gasteiger partial charge in [-0.1, -0.05) is 5.11 Å². The van der Waals surface area contributed by atoms with E-state index in [9.17, 15) is 0 Å². The number of hydrogen-bond donors (Lipinski definition) is 1. The van der Waals surface area contributed by atoms with E-state index in [1.54, 1.807) is 0 Å². The summed E-state index contributed by atoms with van der Waals surface area (Å²) in [4.78, 5) is 2.63. The second kappa shape index (κ2) is 4.18. The van der Waals surface area contributed by atoms with Gasteiger partial charge in [-0.15, -0.1) is 0 Å². The quantitative estimate of drug-likeness (QED) is 0.374. The molecule has 0 radical (unpaired) electrons. The van der Waals surface area contributed by atoms with Crippen LogP contribution in [0.15, 0.2) is 5.11 Å². The van der Waals surface area contributed by atoms with Gasteiger partial charge in [-0.2, -0.15) is 0 Å². The summed E-state index contributed by atoms with van der Waals surface area (Å²) in [6, 6.07) is 0. The lowest BCUT2D eigenvalue weighted by molar-refractivity contribution is 0.0159. The molecule has 1 rings (SSSR count). The van der Waals surface area contributed by atoms with Crippen LogP contribution in [0.25, 0.3) is 10.4 Å². The highest BCUT2D eigenvalue weighted by Gasteiger charge is 2.23. The smallest absolute Gasteiger partial charge is 0.0810 e. The summed E-state index contributed by atoms with van der Waals surface area (Å²) in [6.07, 6.45) is 1.71. The van der Waals surface area contributed by atoms with E-state index in [2.05, 4.69) is 10.0 Å². The van der Waals surface area contributed by atoms with E-state index in [1.165, 1.54) is 0 Å². The molecule has 0 aliphatic carbocycles. The molecule has 1 heterocycles. The Morgan fingerprint density at radius 2 is 2.27 bits per heavy atom. The first kappa shape index (κ1) is 8.33. The second-order valence-corrected chi connectivity index (χ2v) is 2.55. The Morgan fingerprint density at radius 1 is 1.55 bits per heavy atom. The molecule has 5 heteroatoms. The number of azide groups is 1. The standard InChI is InChI=1S/C6H11N3O2/c7-9-8-3-5-1-2-6(4-10)11-5/h5-6,10H,1-4H2/t5-,6-/m1/s1. The van der Waals surface area contributed by atoms with E-state index in [0.29, 0.717) is 6.54 Å². The van der Waals surface area contributed by atoms with Crippen LogP contribution in [0.3, 0.4) is 0 Å². The Hall–Kier alpha value is -0.770. The van der Waals surface area contributed by atoms with Gasteiger partial charge >= 0.3 is 0 Å². The Balaban J connectivity index is 2.24. The normalized spacial score (nSPS) is 29.9. The second-order valence-electron chi connectivity index (χ2n) is 2.55. The van der Waals surface area contributed by atoms with Crippen molar-refractivity contribution in [2.24, 2.45) is 5.11 Å². The van der Waals surface area contributed by atoms with E-state index in [4.69, 9.17) is 15.4 Å². The van der Waals surface area contributed by atoms with Crippen molar-refractivity contribution < 1.29 is 9.84 Å². The average Bonchev–Trinajstić information content (AvgIpc) is 2.48. The predicted molar refractivity (Wildman–Crippen MR) is 39.0 cm³/mol. The van der Waals surface area contributed by atoms with Gasteiger partial charge in [0, 0.05) is 4.91 Å². The molecule has 62 valence electrons. The first-order valence-corrected chi connectivity index (χ1v) is 3.64. The van der Waals surface area contributed by atoms with Crippen LogP contribution in [-0.2, 0) is 4.74 Å². The number of nitrogens with zero attached hydrogens (tertiary/aromatic N) is 3. The highest BCUT2D eigenvalue weighted by molar-refractivity contribution is 4.74. The van der Waals surface area contributed by atoms with Crippen molar-refractivity contribution in [1.82, 2.24) is 0 Å². The maximum Gasteiger partial charge on any atom is 0.0810 e. The lowest BCUT2D eigenvalue weighted by Crippen LogP contribution is -2.16. The molecule has 0 aromatic heterocycles. The van der Waals surface area contributed by atoms with E-state index < -0.39 is 0 Å². The fourth-order valence-corrected chi connectivity index (χ4v) is 1.18. The third-order valence-corrected chi connectivity index (χ3v) is 1.75. The zero-order valence-electron chi connectivity index (χ0n) is 6.18. The van der Waals surface area contributed by atoms with Crippen LogP contribution in [-0.4, -0.2) is 30.5 Å². The fourth-order valence-electron chi connectivity index (χ4n) is 1.18. The lowest BCUT2D eigenvalue weighted by atomic mass is 10.2. The maximum absolute atomic E-state index is 8.68. The van der Waals surface area contributed by atoms with Gasteiger partial charge in [0.2, 0.25) is 0 Å². The fraction of sp³-hybridized carbons (Fsp3) is 1.00. The van der Waals surface area contributed by atoms with Crippen molar-refractivity contribution >= 4 is 0 Å². The zero-order chi connectivity index (χ0) is 8.10. The van der Waals surface area contributed by atoms with Gasteiger partial charge in [0.25, 0.3) is 0 Å². The topological polar surface area (TPSA) is 78.2 Å². The van der Waals surface area contributed by atoms with Gasteiger partial charge in [0.15, 0.2) is 0 Å².